The zero-order valence-electron chi connectivity index (χ0n) is 22.1. The van der Waals surface area contributed by atoms with Crippen LogP contribution >= 0.6 is 0 Å². The lowest BCUT2D eigenvalue weighted by Gasteiger charge is -2.28. The van der Waals surface area contributed by atoms with E-state index in [1.165, 1.54) is 11.0 Å². The summed E-state index contributed by atoms with van der Waals surface area (Å²) in [7, 11) is 1.87. The molecule has 0 radical (unpaired) electrons. The number of carbonyl (C=O) groups excluding carboxylic acids is 1. The topological polar surface area (TPSA) is 125 Å². The number of aliphatic hydroxyl groups is 1. The van der Waals surface area contributed by atoms with E-state index in [1.807, 2.05) is 40.4 Å². The number of imidazole rings is 1. The summed E-state index contributed by atoms with van der Waals surface area (Å²) in [6.07, 6.45) is 11.9. The number of amides is 1. The summed E-state index contributed by atoms with van der Waals surface area (Å²) in [6, 6.07) is 7.45. The molecule has 1 aromatic carbocycles. The third kappa shape index (κ3) is 4.87. The van der Waals surface area contributed by atoms with Crippen LogP contribution in [0.25, 0.3) is 28.6 Å². The smallest absolute Gasteiger partial charge is 0.333 e. The van der Waals surface area contributed by atoms with Gasteiger partial charge in [-0.05, 0) is 37.3 Å². The SMILES string of the molecule is Cn1c(-c2ccc(/C=C(\CCO)C(N)=O)cc2)nc2c(=O)n(C3CCCCC3)c(=O)n(C3CCCCC3)c21. The molecule has 5 rings (SSSR count). The summed E-state index contributed by atoms with van der Waals surface area (Å²) in [4.78, 5) is 44.3. The second-order valence-electron chi connectivity index (χ2n) is 10.7. The van der Waals surface area contributed by atoms with Crippen LogP contribution in [-0.2, 0) is 11.8 Å². The summed E-state index contributed by atoms with van der Waals surface area (Å²) in [5.41, 5.74) is 7.81. The van der Waals surface area contributed by atoms with Crippen molar-refractivity contribution in [3.8, 4) is 11.4 Å². The lowest BCUT2D eigenvalue weighted by molar-refractivity contribution is -0.114. The van der Waals surface area contributed by atoms with E-state index in [0.717, 1.165) is 68.9 Å². The fourth-order valence-corrected chi connectivity index (χ4v) is 6.22. The molecule has 2 saturated carbocycles. The van der Waals surface area contributed by atoms with Crippen molar-refractivity contribution >= 4 is 23.1 Å². The van der Waals surface area contributed by atoms with E-state index in [2.05, 4.69) is 0 Å². The zero-order valence-corrected chi connectivity index (χ0v) is 22.1. The third-order valence-electron chi connectivity index (χ3n) is 8.21. The van der Waals surface area contributed by atoms with Gasteiger partial charge in [0.1, 0.15) is 5.82 Å². The van der Waals surface area contributed by atoms with Gasteiger partial charge in [-0.2, -0.15) is 0 Å². The van der Waals surface area contributed by atoms with Crippen LogP contribution in [0, 0.1) is 0 Å². The minimum Gasteiger partial charge on any atom is -0.396 e. The summed E-state index contributed by atoms with van der Waals surface area (Å²) in [5.74, 6) is 0.0527. The zero-order chi connectivity index (χ0) is 26.8. The number of rotatable bonds is 7. The van der Waals surface area contributed by atoms with Crippen molar-refractivity contribution in [2.24, 2.45) is 12.8 Å². The molecule has 3 aromatic rings. The fourth-order valence-electron chi connectivity index (χ4n) is 6.22. The number of hydrogen-bond donors (Lipinski definition) is 2. The molecule has 9 heteroatoms. The highest BCUT2D eigenvalue weighted by molar-refractivity contribution is 5.96. The maximum atomic E-state index is 14.0. The first kappa shape index (κ1) is 26.2. The molecular weight excluding hydrogens is 482 g/mol. The Labute approximate surface area is 221 Å². The molecule has 2 aliphatic rings. The van der Waals surface area contributed by atoms with Gasteiger partial charge in [-0.25, -0.2) is 9.78 Å². The van der Waals surface area contributed by atoms with Crippen LogP contribution in [0.2, 0.25) is 0 Å². The van der Waals surface area contributed by atoms with Gasteiger partial charge in [0.05, 0.1) is 0 Å². The molecule has 0 unspecified atom stereocenters. The number of benzene rings is 1. The van der Waals surface area contributed by atoms with E-state index in [-0.39, 0.29) is 36.4 Å². The van der Waals surface area contributed by atoms with Crippen molar-refractivity contribution in [3.05, 3.63) is 56.2 Å². The monoisotopic (exact) mass is 519 g/mol. The van der Waals surface area contributed by atoms with E-state index in [9.17, 15) is 19.5 Å². The Morgan fingerprint density at radius 1 is 0.974 bits per heavy atom. The van der Waals surface area contributed by atoms with Gasteiger partial charge in [-0.3, -0.25) is 18.7 Å². The highest BCUT2D eigenvalue weighted by Gasteiger charge is 2.29. The van der Waals surface area contributed by atoms with Gasteiger partial charge in [0.25, 0.3) is 5.56 Å². The highest BCUT2D eigenvalue weighted by atomic mass is 16.3. The first-order valence-electron chi connectivity index (χ1n) is 13.9. The van der Waals surface area contributed by atoms with Gasteiger partial charge in [0.2, 0.25) is 5.91 Å². The molecule has 2 aliphatic carbocycles. The first-order valence-corrected chi connectivity index (χ1v) is 13.9. The Morgan fingerprint density at radius 2 is 1.55 bits per heavy atom. The number of aliphatic hydroxyl groups excluding tert-OH is 1. The number of nitrogens with two attached hydrogens (primary N) is 1. The van der Waals surface area contributed by atoms with Crippen LogP contribution in [0.5, 0.6) is 0 Å². The van der Waals surface area contributed by atoms with Crippen molar-refractivity contribution in [2.45, 2.75) is 82.7 Å². The average Bonchev–Trinajstić information content (AvgIpc) is 3.27. The minimum atomic E-state index is -0.562. The van der Waals surface area contributed by atoms with Crippen LogP contribution in [0.3, 0.4) is 0 Å². The molecule has 3 N–H and O–H groups in total. The molecule has 2 heterocycles. The molecule has 202 valence electrons. The third-order valence-corrected chi connectivity index (χ3v) is 8.21. The Balaban J connectivity index is 1.65. The number of aryl methyl sites for hydroxylation is 1. The molecular formula is C29H37N5O4. The molecule has 0 atom stereocenters. The van der Waals surface area contributed by atoms with Crippen LogP contribution in [0.4, 0.5) is 0 Å². The minimum absolute atomic E-state index is 0.0590. The number of fused-ring (bicyclic) bond motifs is 1. The lowest BCUT2D eigenvalue weighted by Crippen LogP contribution is -2.44. The van der Waals surface area contributed by atoms with Gasteiger partial charge in [0.15, 0.2) is 11.2 Å². The van der Waals surface area contributed by atoms with Crippen LogP contribution < -0.4 is 17.0 Å². The number of carbonyl (C=O) groups is 1. The highest BCUT2D eigenvalue weighted by Crippen LogP contribution is 2.32. The Morgan fingerprint density at radius 3 is 2.11 bits per heavy atom. The van der Waals surface area contributed by atoms with Gasteiger partial charge < -0.3 is 15.4 Å². The second kappa shape index (κ2) is 11.1. The summed E-state index contributed by atoms with van der Waals surface area (Å²) < 4.78 is 5.25. The molecule has 0 bridgehead atoms. The summed E-state index contributed by atoms with van der Waals surface area (Å²) >= 11 is 0. The predicted molar refractivity (Wildman–Crippen MR) is 148 cm³/mol. The largest absolute Gasteiger partial charge is 0.396 e. The molecule has 38 heavy (non-hydrogen) atoms. The molecule has 2 aromatic heterocycles. The average molecular weight is 520 g/mol. The Hall–Kier alpha value is -3.46. The van der Waals surface area contributed by atoms with Crippen molar-refractivity contribution in [1.29, 1.82) is 0 Å². The Kier molecular flexibility index (Phi) is 7.65. The van der Waals surface area contributed by atoms with E-state index in [1.54, 1.807) is 6.08 Å². The standard InChI is InChI=1S/C29H37N5O4/c1-32-26(20-14-12-19(13-15-20)18-21(16-17-35)25(30)36)31-24-27(32)33(22-8-4-2-5-9-22)29(38)34(28(24)37)23-10-6-3-7-11-23/h12-15,18,22-23,35H,2-11,16-17H2,1H3,(H2,30,36)/b21-18+. The van der Waals surface area contributed by atoms with Crippen LogP contribution in [-0.4, -0.2) is 36.3 Å². The van der Waals surface area contributed by atoms with E-state index in [0.29, 0.717) is 22.6 Å². The molecule has 9 nitrogen and oxygen atoms in total. The van der Waals surface area contributed by atoms with E-state index >= 15 is 0 Å². The maximum absolute atomic E-state index is 14.0. The number of hydrogen-bond acceptors (Lipinski definition) is 5. The normalized spacial score (nSPS) is 17.8. The fraction of sp³-hybridized carbons (Fsp3) is 0.517. The second-order valence-corrected chi connectivity index (χ2v) is 10.7. The first-order chi connectivity index (χ1) is 18.4. The maximum Gasteiger partial charge on any atom is 0.333 e. The summed E-state index contributed by atoms with van der Waals surface area (Å²) in [6.45, 7) is -0.159. The van der Waals surface area contributed by atoms with Gasteiger partial charge in [-0.15, -0.1) is 0 Å². The van der Waals surface area contributed by atoms with E-state index in [4.69, 9.17) is 10.7 Å². The lowest BCUT2D eigenvalue weighted by atomic mass is 9.94. The number of aromatic nitrogens is 4. The van der Waals surface area contributed by atoms with Gasteiger partial charge >= 0.3 is 5.69 Å². The molecule has 1 amide bonds. The molecule has 0 spiro atoms. The number of primary amides is 1. The van der Waals surface area contributed by atoms with Crippen molar-refractivity contribution in [1.82, 2.24) is 18.7 Å². The van der Waals surface area contributed by atoms with Crippen molar-refractivity contribution in [2.75, 3.05) is 6.61 Å². The van der Waals surface area contributed by atoms with Crippen molar-refractivity contribution in [3.63, 3.8) is 0 Å². The Bertz CT molecular complexity index is 1470. The number of nitrogens with zero attached hydrogens (tertiary/aromatic N) is 4. The van der Waals surface area contributed by atoms with Crippen LogP contribution in [0.1, 0.15) is 88.3 Å². The quantitative estimate of drug-likeness (QED) is 0.459. The summed E-state index contributed by atoms with van der Waals surface area (Å²) in [5, 5.41) is 9.21. The van der Waals surface area contributed by atoms with Gasteiger partial charge in [-0.1, -0.05) is 62.8 Å². The van der Waals surface area contributed by atoms with E-state index < -0.39 is 5.91 Å². The molecule has 0 saturated heterocycles. The molecule has 2 fully saturated rings. The molecule has 0 aliphatic heterocycles. The van der Waals surface area contributed by atoms with Crippen molar-refractivity contribution < 1.29 is 9.90 Å². The van der Waals surface area contributed by atoms with Crippen LogP contribution in [0.15, 0.2) is 39.4 Å². The predicted octanol–water partition coefficient (Wildman–Crippen LogP) is 3.83. The van der Waals surface area contributed by atoms with Gasteiger partial charge in [0, 0.05) is 43.3 Å².